The van der Waals surface area contributed by atoms with E-state index in [9.17, 15) is 10.1 Å². The van der Waals surface area contributed by atoms with E-state index < -0.39 is 0 Å². The molecule has 0 aromatic carbocycles. The summed E-state index contributed by atoms with van der Waals surface area (Å²) in [4.78, 5) is 16.1. The van der Waals surface area contributed by atoms with Crippen LogP contribution in [0.25, 0.3) is 0 Å². The zero-order valence-electron chi connectivity index (χ0n) is 13.0. The lowest BCUT2D eigenvalue weighted by Gasteiger charge is -2.33. The quantitative estimate of drug-likeness (QED) is 0.854. The Kier molecular flexibility index (Phi) is 3.85. The fraction of sp³-hybridized carbons (Fsp3) is 0.438. The Balaban J connectivity index is 1.94. The van der Waals surface area contributed by atoms with Crippen molar-refractivity contribution in [3.05, 3.63) is 49.1 Å². The Morgan fingerprint density at radius 1 is 1.50 bits per heavy atom. The molecule has 2 aromatic rings. The van der Waals surface area contributed by atoms with Crippen molar-refractivity contribution in [3.8, 4) is 6.07 Å². The Bertz CT molecular complexity index is 815. The van der Waals surface area contributed by atoms with Gasteiger partial charge >= 0.3 is 0 Å². The van der Waals surface area contributed by atoms with Crippen LogP contribution >= 0.6 is 11.3 Å². The van der Waals surface area contributed by atoms with Crippen molar-refractivity contribution in [3.63, 3.8) is 0 Å². The van der Waals surface area contributed by atoms with Gasteiger partial charge in [0.25, 0.3) is 5.56 Å². The van der Waals surface area contributed by atoms with Gasteiger partial charge in [-0.3, -0.25) is 9.69 Å². The normalized spacial score (nSPS) is 18.0. The predicted molar refractivity (Wildman–Crippen MR) is 85.8 cm³/mol. The SMILES string of the molecule is Cc1nn(CN2CCc3sccc3[C@@H]2C)c(=O)c(C#N)c1C. The second-order valence-corrected chi connectivity index (χ2v) is 6.68. The highest BCUT2D eigenvalue weighted by molar-refractivity contribution is 7.10. The van der Waals surface area contributed by atoms with Gasteiger partial charge < -0.3 is 0 Å². The molecule has 0 aliphatic carbocycles. The molecule has 0 amide bonds. The summed E-state index contributed by atoms with van der Waals surface area (Å²) in [7, 11) is 0. The molecular weight excluding hydrogens is 296 g/mol. The number of aryl methyl sites for hydroxylation is 1. The summed E-state index contributed by atoms with van der Waals surface area (Å²) in [6.45, 7) is 7.08. The van der Waals surface area contributed by atoms with Crippen molar-refractivity contribution < 1.29 is 0 Å². The fourth-order valence-corrected chi connectivity index (χ4v) is 3.89. The van der Waals surface area contributed by atoms with E-state index in [0.717, 1.165) is 18.7 Å². The van der Waals surface area contributed by atoms with Crippen molar-refractivity contribution in [2.24, 2.45) is 0 Å². The first kappa shape index (κ1) is 14.9. The van der Waals surface area contributed by atoms with E-state index in [0.29, 0.717) is 12.2 Å². The molecule has 0 bridgehead atoms. The van der Waals surface area contributed by atoms with Crippen LogP contribution in [0.15, 0.2) is 16.2 Å². The molecule has 3 rings (SSSR count). The monoisotopic (exact) mass is 314 g/mol. The van der Waals surface area contributed by atoms with Crippen LogP contribution in [0.4, 0.5) is 0 Å². The zero-order chi connectivity index (χ0) is 15.9. The minimum atomic E-state index is -0.297. The smallest absolute Gasteiger partial charge is 0.277 e. The molecular formula is C16H18N4OS. The summed E-state index contributed by atoms with van der Waals surface area (Å²) in [6.07, 6.45) is 1.00. The van der Waals surface area contributed by atoms with Crippen LogP contribution in [-0.2, 0) is 13.1 Å². The highest BCUT2D eigenvalue weighted by Crippen LogP contribution is 2.32. The lowest BCUT2D eigenvalue weighted by molar-refractivity contribution is 0.141. The van der Waals surface area contributed by atoms with Gasteiger partial charge in [-0.1, -0.05) is 0 Å². The molecule has 2 aromatic heterocycles. The minimum Gasteiger partial charge on any atom is -0.277 e. The first-order valence-electron chi connectivity index (χ1n) is 7.31. The number of hydrogen-bond donors (Lipinski definition) is 0. The molecule has 1 aliphatic rings. The van der Waals surface area contributed by atoms with Gasteiger partial charge in [0.15, 0.2) is 0 Å². The largest absolute Gasteiger partial charge is 0.286 e. The average molecular weight is 314 g/mol. The Morgan fingerprint density at radius 2 is 2.27 bits per heavy atom. The summed E-state index contributed by atoms with van der Waals surface area (Å²) in [5.41, 5.74) is 2.66. The Morgan fingerprint density at radius 3 is 3.00 bits per heavy atom. The Hall–Kier alpha value is -1.97. The number of fused-ring (bicyclic) bond motifs is 1. The molecule has 0 fully saturated rings. The maximum Gasteiger partial charge on any atom is 0.286 e. The fourth-order valence-electron chi connectivity index (χ4n) is 2.93. The number of nitrogens with zero attached hydrogens (tertiary/aromatic N) is 4. The van der Waals surface area contributed by atoms with Gasteiger partial charge in [0.2, 0.25) is 0 Å². The van der Waals surface area contributed by atoms with E-state index in [1.54, 1.807) is 18.3 Å². The number of hydrogen-bond acceptors (Lipinski definition) is 5. The predicted octanol–water partition coefficient (Wildman–Crippen LogP) is 2.37. The minimum absolute atomic E-state index is 0.202. The molecule has 0 spiro atoms. The molecule has 0 unspecified atom stereocenters. The molecule has 6 heteroatoms. The molecule has 0 saturated carbocycles. The van der Waals surface area contributed by atoms with Gasteiger partial charge in [-0.2, -0.15) is 10.4 Å². The highest BCUT2D eigenvalue weighted by Gasteiger charge is 2.25. The molecule has 0 saturated heterocycles. The third kappa shape index (κ3) is 2.36. The van der Waals surface area contributed by atoms with Crippen molar-refractivity contribution >= 4 is 11.3 Å². The van der Waals surface area contributed by atoms with Crippen LogP contribution in [0, 0.1) is 25.2 Å². The van der Waals surface area contributed by atoms with Gasteiger partial charge in [0.1, 0.15) is 11.6 Å². The molecule has 3 heterocycles. The number of aromatic nitrogens is 2. The van der Waals surface area contributed by atoms with E-state index in [4.69, 9.17) is 0 Å². The highest BCUT2D eigenvalue weighted by atomic mass is 32.1. The number of thiophene rings is 1. The summed E-state index contributed by atoms with van der Waals surface area (Å²) in [6, 6.07) is 4.44. The van der Waals surface area contributed by atoms with E-state index in [1.807, 2.05) is 13.0 Å². The molecule has 1 aliphatic heterocycles. The van der Waals surface area contributed by atoms with Gasteiger partial charge in [-0.25, -0.2) is 4.68 Å². The zero-order valence-corrected chi connectivity index (χ0v) is 13.8. The summed E-state index contributed by atoms with van der Waals surface area (Å²) < 4.78 is 1.43. The standard InChI is InChI=1S/C16H18N4OS/c1-10-11(2)18-20(16(21)14(10)8-17)9-19-6-4-15-13(12(19)3)5-7-22-15/h5,7,12H,4,6,9H2,1-3H3/t12-/m0/s1. The molecule has 114 valence electrons. The topological polar surface area (TPSA) is 61.9 Å². The molecule has 0 N–H and O–H groups in total. The first-order chi connectivity index (χ1) is 10.5. The van der Waals surface area contributed by atoms with Crippen LogP contribution in [-0.4, -0.2) is 21.2 Å². The van der Waals surface area contributed by atoms with E-state index in [2.05, 4.69) is 28.4 Å². The molecule has 5 nitrogen and oxygen atoms in total. The first-order valence-corrected chi connectivity index (χ1v) is 8.19. The van der Waals surface area contributed by atoms with Gasteiger partial charge in [0, 0.05) is 17.5 Å². The average Bonchev–Trinajstić information content (AvgIpc) is 2.97. The van der Waals surface area contributed by atoms with Gasteiger partial charge in [0.05, 0.1) is 12.4 Å². The lowest BCUT2D eigenvalue weighted by Crippen LogP contribution is -2.40. The maximum atomic E-state index is 12.4. The number of rotatable bonds is 2. The third-order valence-electron chi connectivity index (χ3n) is 4.47. The van der Waals surface area contributed by atoms with Gasteiger partial charge in [-0.05, 0) is 49.8 Å². The van der Waals surface area contributed by atoms with Crippen molar-refractivity contribution in [2.45, 2.75) is 39.9 Å². The molecule has 22 heavy (non-hydrogen) atoms. The lowest BCUT2D eigenvalue weighted by atomic mass is 10.0. The number of nitriles is 1. The van der Waals surface area contributed by atoms with Crippen molar-refractivity contribution in [2.75, 3.05) is 6.54 Å². The molecule has 0 radical (unpaired) electrons. The molecule has 1 atom stereocenters. The van der Waals surface area contributed by atoms with Crippen molar-refractivity contribution in [1.82, 2.24) is 14.7 Å². The van der Waals surface area contributed by atoms with Crippen LogP contribution in [0.3, 0.4) is 0 Å². The van der Waals surface area contributed by atoms with Crippen molar-refractivity contribution in [1.29, 1.82) is 5.26 Å². The van der Waals surface area contributed by atoms with Crippen LogP contribution in [0.5, 0.6) is 0 Å². The van der Waals surface area contributed by atoms with Gasteiger partial charge in [-0.15, -0.1) is 11.3 Å². The van der Waals surface area contributed by atoms with Crippen LogP contribution < -0.4 is 5.56 Å². The second-order valence-electron chi connectivity index (χ2n) is 5.68. The summed E-state index contributed by atoms with van der Waals surface area (Å²) in [5, 5.41) is 15.7. The maximum absolute atomic E-state index is 12.4. The summed E-state index contributed by atoms with van der Waals surface area (Å²) >= 11 is 1.80. The van der Waals surface area contributed by atoms with E-state index in [-0.39, 0.29) is 17.2 Å². The van der Waals surface area contributed by atoms with Crippen LogP contribution in [0.2, 0.25) is 0 Å². The van der Waals surface area contributed by atoms with Crippen LogP contribution in [0.1, 0.15) is 40.2 Å². The Labute approximate surface area is 133 Å². The third-order valence-corrected chi connectivity index (χ3v) is 5.46. The van der Waals surface area contributed by atoms with E-state index >= 15 is 0 Å². The summed E-state index contributed by atoms with van der Waals surface area (Å²) in [5.74, 6) is 0. The van der Waals surface area contributed by atoms with E-state index in [1.165, 1.54) is 15.1 Å². The second kappa shape index (κ2) is 5.67.